The minimum absolute atomic E-state index is 0.534. The van der Waals surface area contributed by atoms with Gasteiger partial charge in [0.2, 0.25) is 0 Å². The molecule has 0 saturated heterocycles. The van der Waals surface area contributed by atoms with Crippen LogP contribution in [-0.2, 0) is 13.5 Å². The van der Waals surface area contributed by atoms with Gasteiger partial charge in [0, 0.05) is 28.4 Å². The van der Waals surface area contributed by atoms with E-state index in [1.807, 2.05) is 23.9 Å². The molecule has 0 amide bonds. The van der Waals surface area contributed by atoms with E-state index in [1.54, 1.807) is 18.3 Å². The molecule has 1 heterocycles. The Morgan fingerprint density at radius 1 is 1.44 bits per heavy atom. The second-order valence-corrected chi connectivity index (χ2v) is 5.46. The van der Waals surface area contributed by atoms with Crippen molar-refractivity contribution >= 4 is 27.5 Å². The number of benzene rings is 1. The molecular weight excluding hydrogens is 316 g/mol. The number of aryl methyl sites for hydroxylation is 2. The van der Waals surface area contributed by atoms with Crippen LogP contribution in [-0.4, -0.2) is 14.9 Å². The van der Waals surface area contributed by atoms with E-state index in [0.717, 1.165) is 22.2 Å². The van der Waals surface area contributed by atoms with Crippen molar-refractivity contribution in [2.45, 2.75) is 18.9 Å². The van der Waals surface area contributed by atoms with Crippen molar-refractivity contribution in [3.05, 3.63) is 51.2 Å². The molecule has 2 rings (SSSR count). The van der Waals surface area contributed by atoms with Gasteiger partial charge in [-0.25, -0.2) is 0 Å². The Kier molecular flexibility index (Phi) is 4.43. The first-order valence-electron chi connectivity index (χ1n) is 5.68. The Morgan fingerprint density at radius 3 is 2.89 bits per heavy atom. The van der Waals surface area contributed by atoms with Crippen LogP contribution in [0.1, 0.15) is 23.8 Å². The van der Waals surface area contributed by atoms with Crippen LogP contribution in [0.3, 0.4) is 0 Å². The molecule has 0 bridgehead atoms. The highest BCUT2D eigenvalue weighted by atomic mass is 79.9. The molecule has 1 aromatic carbocycles. The monoisotopic (exact) mass is 328 g/mol. The van der Waals surface area contributed by atoms with Gasteiger partial charge in [0.15, 0.2) is 0 Å². The summed E-state index contributed by atoms with van der Waals surface area (Å²) in [7, 11) is 1.90. The summed E-state index contributed by atoms with van der Waals surface area (Å²) >= 11 is 9.37. The van der Waals surface area contributed by atoms with Gasteiger partial charge in [-0.1, -0.05) is 27.5 Å². The van der Waals surface area contributed by atoms with Crippen LogP contribution in [0.5, 0.6) is 0 Å². The van der Waals surface area contributed by atoms with E-state index in [2.05, 4.69) is 21.0 Å². The van der Waals surface area contributed by atoms with Crippen molar-refractivity contribution in [2.24, 2.45) is 7.05 Å². The highest BCUT2D eigenvalue weighted by molar-refractivity contribution is 9.10. The zero-order valence-electron chi connectivity index (χ0n) is 9.98. The number of hydrogen-bond donors (Lipinski definition) is 1. The molecule has 0 saturated carbocycles. The SMILES string of the molecule is Cn1nccc1CCC(O)c1cc(Cl)ccc1Br. The highest BCUT2D eigenvalue weighted by Crippen LogP contribution is 2.29. The number of rotatable bonds is 4. The molecule has 0 aliphatic rings. The quantitative estimate of drug-likeness (QED) is 0.932. The molecule has 1 unspecified atom stereocenters. The van der Waals surface area contributed by atoms with Crippen LogP contribution in [0.25, 0.3) is 0 Å². The molecule has 2 aromatic rings. The van der Waals surface area contributed by atoms with Gasteiger partial charge in [-0.3, -0.25) is 4.68 Å². The molecular formula is C13H14BrClN2O. The predicted molar refractivity (Wildman–Crippen MR) is 75.6 cm³/mol. The van der Waals surface area contributed by atoms with Crippen molar-refractivity contribution in [1.29, 1.82) is 0 Å². The standard InChI is InChI=1S/C13H14BrClN2O/c1-17-10(6-7-16-17)3-5-13(18)11-8-9(15)2-4-12(11)14/h2,4,6-8,13,18H,3,5H2,1H3. The maximum absolute atomic E-state index is 10.2. The average molecular weight is 330 g/mol. The van der Waals surface area contributed by atoms with Crippen molar-refractivity contribution < 1.29 is 5.11 Å². The Balaban J connectivity index is 2.06. The zero-order valence-corrected chi connectivity index (χ0v) is 12.3. The molecule has 1 aromatic heterocycles. The van der Waals surface area contributed by atoms with Crippen molar-refractivity contribution in [2.75, 3.05) is 0 Å². The van der Waals surface area contributed by atoms with Gasteiger partial charge in [0.25, 0.3) is 0 Å². The third-order valence-electron chi connectivity index (χ3n) is 2.91. The van der Waals surface area contributed by atoms with E-state index in [4.69, 9.17) is 11.6 Å². The fourth-order valence-corrected chi connectivity index (χ4v) is 2.55. The third-order valence-corrected chi connectivity index (χ3v) is 3.87. The fraction of sp³-hybridized carbons (Fsp3) is 0.308. The average Bonchev–Trinajstić information content (AvgIpc) is 2.75. The minimum atomic E-state index is -0.534. The minimum Gasteiger partial charge on any atom is -0.388 e. The van der Waals surface area contributed by atoms with Crippen LogP contribution in [0.4, 0.5) is 0 Å². The van der Waals surface area contributed by atoms with Gasteiger partial charge < -0.3 is 5.11 Å². The van der Waals surface area contributed by atoms with E-state index in [-0.39, 0.29) is 0 Å². The van der Waals surface area contributed by atoms with Crippen LogP contribution in [0.15, 0.2) is 34.9 Å². The second-order valence-electron chi connectivity index (χ2n) is 4.17. The second kappa shape index (κ2) is 5.87. The van der Waals surface area contributed by atoms with Gasteiger partial charge in [-0.15, -0.1) is 0 Å². The largest absolute Gasteiger partial charge is 0.388 e. The molecule has 0 aliphatic heterocycles. The topological polar surface area (TPSA) is 38.0 Å². The van der Waals surface area contributed by atoms with Crippen LogP contribution in [0.2, 0.25) is 5.02 Å². The Hall–Kier alpha value is -0.840. The Bertz CT molecular complexity index is 542. The molecule has 1 N–H and O–H groups in total. The summed E-state index contributed by atoms with van der Waals surface area (Å²) < 4.78 is 2.70. The van der Waals surface area contributed by atoms with E-state index >= 15 is 0 Å². The molecule has 96 valence electrons. The smallest absolute Gasteiger partial charge is 0.0805 e. The molecule has 0 aliphatic carbocycles. The lowest BCUT2D eigenvalue weighted by molar-refractivity contribution is 0.166. The highest BCUT2D eigenvalue weighted by Gasteiger charge is 2.12. The number of hydrogen-bond acceptors (Lipinski definition) is 2. The maximum Gasteiger partial charge on any atom is 0.0805 e. The molecule has 3 nitrogen and oxygen atoms in total. The summed E-state index contributed by atoms with van der Waals surface area (Å²) in [6.45, 7) is 0. The van der Waals surface area contributed by atoms with Crippen LogP contribution in [0, 0.1) is 0 Å². The number of nitrogens with zero attached hydrogens (tertiary/aromatic N) is 2. The number of halogens is 2. The van der Waals surface area contributed by atoms with Gasteiger partial charge in [-0.2, -0.15) is 5.10 Å². The number of aromatic nitrogens is 2. The van der Waals surface area contributed by atoms with E-state index in [9.17, 15) is 5.11 Å². The van der Waals surface area contributed by atoms with E-state index in [0.29, 0.717) is 11.4 Å². The lowest BCUT2D eigenvalue weighted by Crippen LogP contribution is -2.04. The Morgan fingerprint density at radius 2 is 2.22 bits per heavy atom. The molecule has 0 spiro atoms. The molecule has 18 heavy (non-hydrogen) atoms. The lowest BCUT2D eigenvalue weighted by Gasteiger charge is -2.13. The van der Waals surface area contributed by atoms with Crippen LogP contribution < -0.4 is 0 Å². The van der Waals surface area contributed by atoms with Gasteiger partial charge in [0.1, 0.15) is 0 Å². The normalized spacial score (nSPS) is 12.7. The van der Waals surface area contributed by atoms with E-state index in [1.165, 1.54) is 0 Å². The summed E-state index contributed by atoms with van der Waals surface area (Å²) in [5.41, 5.74) is 1.93. The third kappa shape index (κ3) is 3.13. The predicted octanol–water partition coefficient (Wildman–Crippen LogP) is 3.50. The summed E-state index contributed by atoms with van der Waals surface area (Å²) in [4.78, 5) is 0. The summed E-state index contributed by atoms with van der Waals surface area (Å²) in [6.07, 6.45) is 2.64. The first-order valence-corrected chi connectivity index (χ1v) is 6.85. The zero-order chi connectivity index (χ0) is 13.1. The maximum atomic E-state index is 10.2. The summed E-state index contributed by atoms with van der Waals surface area (Å²) in [6, 6.07) is 7.40. The summed E-state index contributed by atoms with van der Waals surface area (Å²) in [5.74, 6) is 0. The summed E-state index contributed by atoms with van der Waals surface area (Å²) in [5, 5.41) is 14.9. The van der Waals surface area contributed by atoms with E-state index < -0.39 is 6.10 Å². The van der Waals surface area contributed by atoms with Crippen molar-refractivity contribution in [3.63, 3.8) is 0 Å². The molecule has 1 atom stereocenters. The van der Waals surface area contributed by atoms with Gasteiger partial charge >= 0.3 is 0 Å². The number of aliphatic hydroxyl groups is 1. The lowest BCUT2D eigenvalue weighted by atomic mass is 10.0. The Labute approximate surface area is 120 Å². The number of aliphatic hydroxyl groups excluding tert-OH is 1. The van der Waals surface area contributed by atoms with Crippen molar-refractivity contribution in [1.82, 2.24) is 9.78 Å². The van der Waals surface area contributed by atoms with Crippen LogP contribution >= 0.6 is 27.5 Å². The first-order chi connectivity index (χ1) is 8.58. The molecule has 5 heteroatoms. The van der Waals surface area contributed by atoms with Crippen molar-refractivity contribution in [3.8, 4) is 0 Å². The molecule has 0 fully saturated rings. The van der Waals surface area contributed by atoms with Gasteiger partial charge in [-0.05, 0) is 42.7 Å². The first kappa shape index (κ1) is 13.6. The molecule has 0 radical (unpaired) electrons. The van der Waals surface area contributed by atoms with Gasteiger partial charge in [0.05, 0.1) is 6.10 Å². The fourth-order valence-electron chi connectivity index (χ4n) is 1.86.